The molecule has 0 fully saturated rings. The second-order valence-electron chi connectivity index (χ2n) is 4.05. The van der Waals surface area contributed by atoms with E-state index in [-0.39, 0.29) is 48.8 Å². The third kappa shape index (κ3) is 13.1. The summed E-state index contributed by atoms with van der Waals surface area (Å²) in [7, 11) is -8.65. The number of nitrogens with two attached hydrogens (primary N) is 2. The van der Waals surface area contributed by atoms with Gasteiger partial charge in [-0.05, 0) is 48.5 Å². The third-order valence-electron chi connectivity index (χ3n) is 2.34. The van der Waals surface area contributed by atoms with E-state index in [0.29, 0.717) is 11.4 Å². The average Bonchev–Trinajstić information content (AvgIpc) is 2.38. The smallest absolute Gasteiger partial charge is 0.744 e. The number of rotatable bonds is 2. The molecule has 1 radical (unpaired) electrons. The predicted octanol–water partition coefficient (Wildman–Crippen LogP) is -3.15. The first-order valence-corrected chi connectivity index (χ1v) is 8.44. The normalized spacial score (nSPS) is 9.26. The third-order valence-corrected chi connectivity index (χ3v) is 4.04. The Balaban J connectivity index is -0.000000101. The van der Waals surface area contributed by atoms with Crippen molar-refractivity contribution in [1.82, 2.24) is 0 Å². The average molecular weight is 473 g/mol. The molecule has 27 heavy (non-hydrogen) atoms. The van der Waals surface area contributed by atoms with Gasteiger partial charge in [0, 0.05) is 11.4 Å². The van der Waals surface area contributed by atoms with Crippen molar-refractivity contribution in [3.8, 4) is 0 Å². The fourth-order valence-electron chi connectivity index (χ4n) is 1.27. The standard InChI is InChI=1S/2C6H7NO3S.Mn.4H2O/c2*7-5-1-3-6(4-2-5)11(8,9)10;;;;;/h2*1-4H,7H2,(H,8,9,10);;4*1H2/q;;+2;;;;. The summed E-state index contributed by atoms with van der Waals surface area (Å²) in [5.41, 5.74) is 11.4. The molecule has 2 aromatic rings. The van der Waals surface area contributed by atoms with Crippen LogP contribution >= 0.6 is 0 Å². The van der Waals surface area contributed by atoms with Crippen molar-refractivity contribution in [2.24, 2.45) is 0 Å². The number of hydrogen-bond donors (Lipinski definition) is 2. The molecule has 15 heteroatoms. The summed E-state index contributed by atoms with van der Waals surface area (Å²) >= 11 is 0. The van der Waals surface area contributed by atoms with E-state index in [1.54, 1.807) is 0 Å². The summed E-state index contributed by atoms with van der Waals surface area (Å²) in [6.45, 7) is 0. The topological polar surface area (TPSA) is 295 Å². The molecule has 14 N–H and O–H groups in total. The van der Waals surface area contributed by atoms with Crippen molar-refractivity contribution in [3.05, 3.63) is 48.5 Å². The van der Waals surface area contributed by atoms with Crippen molar-refractivity contribution in [1.29, 1.82) is 0 Å². The van der Waals surface area contributed by atoms with E-state index in [4.69, 9.17) is 11.5 Å². The summed E-state index contributed by atoms with van der Waals surface area (Å²) < 4.78 is 62.1. The van der Waals surface area contributed by atoms with Crippen LogP contribution in [0.2, 0.25) is 0 Å². The first-order valence-electron chi connectivity index (χ1n) is 5.63. The Morgan fingerprint density at radius 1 is 0.593 bits per heavy atom. The van der Waals surface area contributed by atoms with Gasteiger partial charge in [0.2, 0.25) is 0 Å². The molecule has 2 rings (SSSR count). The fourth-order valence-corrected chi connectivity index (χ4v) is 2.21. The summed E-state index contributed by atoms with van der Waals surface area (Å²) in [5.74, 6) is 0. The summed E-state index contributed by atoms with van der Waals surface area (Å²) in [6.07, 6.45) is 0. The number of hydrogen-bond acceptors (Lipinski definition) is 8. The van der Waals surface area contributed by atoms with Crippen LogP contribution in [0.15, 0.2) is 58.3 Å². The Morgan fingerprint density at radius 2 is 0.778 bits per heavy atom. The second kappa shape index (κ2) is 14.3. The summed E-state index contributed by atoms with van der Waals surface area (Å²) in [5, 5.41) is 0. The van der Waals surface area contributed by atoms with Crippen LogP contribution in [0, 0.1) is 0 Å². The van der Waals surface area contributed by atoms with Gasteiger partial charge < -0.3 is 42.5 Å². The van der Waals surface area contributed by atoms with Crippen LogP contribution in [0.5, 0.6) is 0 Å². The number of benzene rings is 2. The quantitative estimate of drug-likeness (QED) is 0.194. The molecular formula is C12H22MnN2O10S2+2. The molecule has 12 nitrogen and oxygen atoms in total. The zero-order chi connectivity index (χ0) is 17.0. The first kappa shape index (κ1) is 36.2. The maximum Gasteiger partial charge on any atom is 2.00 e. The van der Waals surface area contributed by atoms with Crippen LogP contribution in [0.3, 0.4) is 0 Å². The van der Waals surface area contributed by atoms with E-state index in [1.807, 2.05) is 0 Å². The van der Waals surface area contributed by atoms with Crippen molar-refractivity contribution < 1.29 is 64.9 Å². The van der Waals surface area contributed by atoms with Crippen LogP contribution in [-0.4, -0.2) is 36.9 Å². The molecule has 157 valence electrons. The van der Waals surface area contributed by atoms with Crippen molar-refractivity contribution in [3.63, 3.8) is 0 Å². The summed E-state index contributed by atoms with van der Waals surface area (Å²) in [4.78, 5) is -0.515. The second-order valence-corrected chi connectivity index (χ2v) is 6.81. The molecular weight excluding hydrogens is 451 g/mol. The van der Waals surface area contributed by atoms with Crippen LogP contribution in [0.1, 0.15) is 0 Å². The van der Waals surface area contributed by atoms with Crippen LogP contribution < -0.4 is 11.5 Å². The molecule has 2 aromatic carbocycles. The Bertz CT molecular complexity index is 767. The van der Waals surface area contributed by atoms with E-state index >= 15 is 0 Å². The number of nitrogen functional groups attached to an aromatic ring is 2. The largest absolute Gasteiger partial charge is 2.00 e. The van der Waals surface area contributed by atoms with Gasteiger partial charge in [-0.15, -0.1) is 0 Å². The number of anilines is 2. The predicted molar refractivity (Wildman–Crippen MR) is 94.6 cm³/mol. The van der Waals surface area contributed by atoms with Crippen molar-refractivity contribution in [2.45, 2.75) is 9.79 Å². The molecule has 0 aliphatic carbocycles. The Kier molecular flexibility index (Phi) is 19.2. The monoisotopic (exact) mass is 473 g/mol. The SMILES string of the molecule is Nc1ccc(S(=O)(=O)[O-])cc1.Nc1ccc(S(=O)(=O)[O-])cc1.O.O.[Mn+2].[OH3+].[OH3+]. The van der Waals surface area contributed by atoms with E-state index in [2.05, 4.69) is 0 Å². The maximum absolute atomic E-state index is 10.3. The molecule has 0 aliphatic heterocycles. The molecule has 0 heterocycles. The molecule has 0 bridgehead atoms. The zero-order valence-corrected chi connectivity index (χ0v) is 16.4. The molecule has 0 spiro atoms. The van der Waals surface area contributed by atoms with Gasteiger partial charge in [-0.25, -0.2) is 16.8 Å². The Labute approximate surface area is 166 Å². The van der Waals surface area contributed by atoms with E-state index in [0.717, 1.165) is 0 Å². The van der Waals surface area contributed by atoms with Gasteiger partial charge in [0.15, 0.2) is 0 Å². The minimum atomic E-state index is -4.33. The van der Waals surface area contributed by atoms with Gasteiger partial charge in [0.25, 0.3) is 0 Å². The zero-order valence-electron chi connectivity index (χ0n) is 13.6. The van der Waals surface area contributed by atoms with E-state index in [1.165, 1.54) is 48.5 Å². The van der Waals surface area contributed by atoms with E-state index < -0.39 is 20.2 Å². The van der Waals surface area contributed by atoms with Crippen molar-refractivity contribution >= 4 is 31.6 Å². The molecule has 0 amide bonds. The Morgan fingerprint density at radius 3 is 0.926 bits per heavy atom. The molecule has 0 unspecified atom stereocenters. The van der Waals surface area contributed by atoms with Gasteiger partial charge in [-0.1, -0.05) is 0 Å². The van der Waals surface area contributed by atoms with E-state index in [9.17, 15) is 25.9 Å². The van der Waals surface area contributed by atoms with Crippen LogP contribution in [-0.2, 0) is 48.3 Å². The van der Waals surface area contributed by atoms with Crippen LogP contribution in [0.4, 0.5) is 11.4 Å². The molecule has 0 saturated carbocycles. The van der Waals surface area contributed by atoms with Gasteiger partial charge in [-0.3, -0.25) is 0 Å². The van der Waals surface area contributed by atoms with Gasteiger partial charge in [0.05, 0.1) is 9.79 Å². The van der Waals surface area contributed by atoms with Gasteiger partial charge >= 0.3 is 17.1 Å². The fraction of sp³-hybridized carbons (Fsp3) is 0. The van der Waals surface area contributed by atoms with Crippen LogP contribution in [0.25, 0.3) is 0 Å². The molecule has 0 aliphatic rings. The minimum Gasteiger partial charge on any atom is -0.744 e. The molecule has 0 atom stereocenters. The molecule has 0 aromatic heterocycles. The minimum absolute atomic E-state index is 0. The Hall–Kier alpha value is -1.78. The summed E-state index contributed by atoms with van der Waals surface area (Å²) in [6, 6.07) is 10.2. The molecule has 0 saturated heterocycles. The van der Waals surface area contributed by atoms with Gasteiger partial charge in [-0.2, -0.15) is 0 Å². The maximum atomic E-state index is 10.3. The van der Waals surface area contributed by atoms with Gasteiger partial charge in [0.1, 0.15) is 20.2 Å². The van der Waals surface area contributed by atoms with Crippen molar-refractivity contribution in [2.75, 3.05) is 11.5 Å². The first-order chi connectivity index (χ1) is 10.00.